The molecule has 1 aliphatic rings. The zero-order chi connectivity index (χ0) is 18.2. The molecule has 0 bridgehead atoms. The van der Waals surface area contributed by atoms with Crippen LogP contribution in [0.25, 0.3) is 12.2 Å². The molecule has 0 N–H and O–H groups in total. The molecule has 3 heteroatoms. The summed E-state index contributed by atoms with van der Waals surface area (Å²) in [6, 6.07) is 20.2. The molecule has 0 aromatic heterocycles. The third-order valence-corrected chi connectivity index (χ3v) is 4.24. The Morgan fingerprint density at radius 2 is 1.15 bits per heavy atom. The van der Waals surface area contributed by atoms with E-state index in [0.717, 1.165) is 22.3 Å². The van der Waals surface area contributed by atoms with E-state index in [-0.39, 0.29) is 18.2 Å². The van der Waals surface area contributed by atoms with Gasteiger partial charge >= 0.3 is 0 Å². The van der Waals surface area contributed by atoms with Gasteiger partial charge in [0.25, 0.3) is 0 Å². The van der Waals surface area contributed by atoms with Crippen molar-refractivity contribution in [1.29, 1.82) is 0 Å². The van der Waals surface area contributed by atoms with Gasteiger partial charge in [0.1, 0.15) is 0 Å². The predicted molar refractivity (Wildman–Crippen MR) is 117 cm³/mol. The Morgan fingerprint density at radius 3 is 1.56 bits per heavy atom. The van der Waals surface area contributed by atoms with E-state index in [1.165, 1.54) is 0 Å². The van der Waals surface area contributed by atoms with Crippen LogP contribution in [0.5, 0.6) is 0 Å². The summed E-state index contributed by atoms with van der Waals surface area (Å²) < 4.78 is 0. The van der Waals surface area contributed by atoms with E-state index in [0.29, 0.717) is 13.1 Å². The first kappa shape index (κ1) is 20.6. The Hall–Kier alpha value is -2.68. The number of halogens is 1. The lowest BCUT2D eigenvalue weighted by atomic mass is 9.97. The minimum Gasteiger partial charge on any atom is -0.298 e. The number of hydrogen-bond acceptors (Lipinski definition) is 2. The summed E-state index contributed by atoms with van der Waals surface area (Å²) in [6.07, 6.45) is 11.8. The second-order valence-corrected chi connectivity index (χ2v) is 6.42. The molecule has 0 amide bonds. The number of rotatable bonds is 4. The number of Topliss-reactive ketones (excluding diaryl/α,β-unsaturated/α-hetero) is 1. The van der Waals surface area contributed by atoms with Gasteiger partial charge in [-0.05, 0) is 18.2 Å². The number of piperidine rings is 1. The largest absolute Gasteiger partial charge is 0.298 e. The fraction of sp³-hybridized carbons (Fsp3) is 0.125. The van der Waals surface area contributed by atoms with Gasteiger partial charge < -0.3 is 0 Å². The van der Waals surface area contributed by atoms with Crippen LogP contribution in [0.2, 0.25) is 0 Å². The van der Waals surface area contributed by atoms with E-state index < -0.39 is 0 Å². The van der Waals surface area contributed by atoms with Crippen LogP contribution in [0.15, 0.2) is 96.1 Å². The van der Waals surface area contributed by atoms with Gasteiger partial charge in [-0.1, -0.05) is 97.1 Å². The molecule has 2 aromatic carbocycles. The molecule has 27 heavy (non-hydrogen) atoms. The fourth-order valence-corrected chi connectivity index (χ4v) is 2.92. The standard InChI is InChI=1S/C24H23NO.ClH/c1-25-18-22(16-8-14-20-10-4-2-5-11-20)24(26)23(19-25)17-9-15-21-12-6-3-7-13-21;/h2-17H,18-19H2,1H3;1H/b14-8?,15-9?,22-16+,23-17+;. The Kier molecular flexibility index (Phi) is 8.00. The summed E-state index contributed by atoms with van der Waals surface area (Å²) in [5.74, 6) is 0.138. The molecule has 0 aliphatic carbocycles. The zero-order valence-electron chi connectivity index (χ0n) is 15.4. The average molecular weight is 378 g/mol. The summed E-state index contributed by atoms with van der Waals surface area (Å²) >= 11 is 0. The normalized spacial score (nSPS) is 18.5. The molecule has 1 fully saturated rings. The van der Waals surface area contributed by atoms with Crippen molar-refractivity contribution in [1.82, 2.24) is 4.90 Å². The topological polar surface area (TPSA) is 20.3 Å². The number of nitrogens with zero attached hydrogens (tertiary/aromatic N) is 1. The Labute approximate surface area is 167 Å². The number of likely N-dealkylation sites (tertiary alicyclic amines) is 1. The van der Waals surface area contributed by atoms with Crippen molar-refractivity contribution in [3.05, 3.63) is 107 Å². The Morgan fingerprint density at radius 1 is 0.741 bits per heavy atom. The molecule has 0 unspecified atom stereocenters. The first-order valence-electron chi connectivity index (χ1n) is 8.80. The monoisotopic (exact) mass is 377 g/mol. The van der Waals surface area contributed by atoms with Gasteiger partial charge in [-0.15, -0.1) is 12.4 Å². The molecular formula is C24H24ClNO. The number of ketones is 1. The lowest BCUT2D eigenvalue weighted by Gasteiger charge is -2.25. The molecular weight excluding hydrogens is 354 g/mol. The maximum atomic E-state index is 12.7. The second kappa shape index (κ2) is 10.5. The quantitative estimate of drug-likeness (QED) is 0.682. The van der Waals surface area contributed by atoms with E-state index >= 15 is 0 Å². The van der Waals surface area contributed by atoms with Crippen LogP contribution in [0.4, 0.5) is 0 Å². The molecule has 1 aliphatic heterocycles. The van der Waals surface area contributed by atoms with E-state index in [4.69, 9.17) is 0 Å². The number of allylic oxidation sites excluding steroid dienone is 4. The van der Waals surface area contributed by atoms with E-state index in [2.05, 4.69) is 4.90 Å². The zero-order valence-corrected chi connectivity index (χ0v) is 16.2. The van der Waals surface area contributed by atoms with Crippen molar-refractivity contribution < 1.29 is 4.79 Å². The van der Waals surface area contributed by atoms with Crippen molar-refractivity contribution in [2.24, 2.45) is 0 Å². The first-order chi connectivity index (χ1) is 12.7. The minimum atomic E-state index is 0. The smallest absolute Gasteiger partial charge is 0.187 e. The molecule has 138 valence electrons. The van der Waals surface area contributed by atoms with E-state index in [1.807, 2.05) is 104 Å². The van der Waals surface area contributed by atoms with Crippen LogP contribution in [-0.2, 0) is 4.79 Å². The van der Waals surface area contributed by atoms with Crippen molar-refractivity contribution in [3.63, 3.8) is 0 Å². The number of benzene rings is 2. The number of hydrogen-bond donors (Lipinski definition) is 0. The summed E-state index contributed by atoms with van der Waals surface area (Å²) in [5.41, 5.74) is 3.90. The molecule has 2 aromatic rings. The molecule has 1 heterocycles. The van der Waals surface area contributed by atoms with Crippen LogP contribution in [0.3, 0.4) is 0 Å². The van der Waals surface area contributed by atoms with Crippen molar-refractivity contribution in [2.45, 2.75) is 0 Å². The van der Waals surface area contributed by atoms with Gasteiger partial charge in [0.15, 0.2) is 5.78 Å². The van der Waals surface area contributed by atoms with Gasteiger partial charge in [0.2, 0.25) is 0 Å². The Bertz CT molecular complexity index is 792. The maximum Gasteiger partial charge on any atom is 0.187 e. The van der Waals surface area contributed by atoms with Crippen molar-refractivity contribution in [3.8, 4) is 0 Å². The number of carbonyl (C=O) groups is 1. The van der Waals surface area contributed by atoms with Gasteiger partial charge in [0, 0.05) is 24.2 Å². The highest BCUT2D eigenvalue weighted by Gasteiger charge is 2.22. The first-order valence-corrected chi connectivity index (χ1v) is 8.80. The summed E-state index contributed by atoms with van der Waals surface area (Å²) in [7, 11) is 2.04. The van der Waals surface area contributed by atoms with Crippen LogP contribution in [0, 0.1) is 0 Å². The van der Waals surface area contributed by atoms with Crippen LogP contribution < -0.4 is 0 Å². The Balaban J connectivity index is 0.00000261. The van der Waals surface area contributed by atoms with Crippen LogP contribution >= 0.6 is 12.4 Å². The molecule has 0 saturated carbocycles. The highest BCUT2D eigenvalue weighted by Crippen LogP contribution is 2.17. The lowest BCUT2D eigenvalue weighted by Crippen LogP contribution is -2.34. The highest BCUT2D eigenvalue weighted by atomic mass is 35.5. The second-order valence-electron chi connectivity index (χ2n) is 6.42. The summed E-state index contributed by atoms with van der Waals surface area (Å²) in [5, 5.41) is 0. The van der Waals surface area contributed by atoms with E-state index in [1.54, 1.807) is 0 Å². The van der Waals surface area contributed by atoms with Crippen molar-refractivity contribution >= 4 is 30.3 Å². The maximum absolute atomic E-state index is 12.7. The van der Waals surface area contributed by atoms with Gasteiger partial charge in [-0.25, -0.2) is 0 Å². The molecule has 0 spiro atoms. The highest BCUT2D eigenvalue weighted by molar-refractivity contribution is 6.10. The average Bonchev–Trinajstić information content (AvgIpc) is 2.67. The van der Waals surface area contributed by atoms with E-state index in [9.17, 15) is 4.79 Å². The molecule has 0 atom stereocenters. The lowest BCUT2D eigenvalue weighted by molar-refractivity contribution is -0.113. The SMILES string of the molecule is CN1C/C(=C\C=Cc2ccccc2)C(=O)/C(=C/C=Cc2ccccc2)C1.Cl. The molecule has 3 rings (SSSR count). The minimum absolute atomic E-state index is 0. The fourth-order valence-electron chi connectivity index (χ4n) is 2.92. The summed E-state index contributed by atoms with van der Waals surface area (Å²) in [6.45, 7) is 1.36. The number of carbonyl (C=O) groups excluding carboxylic acids is 1. The van der Waals surface area contributed by atoms with Crippen molar-refractivity contribution in [2.75, 3.05) is 20.1 Å². The summed E-state index contributed by atoms with van der Waals surface area (Å²) in [4.78, 5) is 14.9. The molecule has 0 radical (unpaired) electrons. The van der Waals surface area contributed by atoms with Gasteiger partial charge in [0.05, 0.1) is 0 Å². The molecule has 2 nitrogen and oxygen atoms in total. The molecule has 1 saturated heterocycles. The van der Waals surface area contributed by atoms with Crippen LogP contribution in [-0.4, -0.2) is 30.8 Å². The van der Waals surface area contributed by atoms with Crippen LogP contribution in [0.1, 0.15) is 11.1 Å². The van der Waals surface area contributed by atoms with Gasteiger partial charge in [-0.2, -0.15) is 0 Å². The third-order valence-electron chi connectivity index (χ3n) is 4.24. The van der Waals surface area contributed by atoms with Gasteiger partial charge in [-0.3, -0.25) is 9.69 Å². The number of likely N-dealkylation sites (N-methyl/N-ethyl adjacent to an activating group) is 1. The predicted octanol–water partition coefficient (Wildman–Crippen LogP) is 5.20. The third kappa shape index (κ3) is 6.21.